The number of benzene rings is 2. The SMILES string of the molecule is CCC(Oc1ccccc1F)C(=O)Nc1ccc(C)cc1. The molecule has 110 valence electrons. The molecule has 1 N–H and O–H groups in total. The lowest BCUT2D eigenvalue weighted by Crippen LogP contribution is -2.32. The van der Waals surface area contributed by atoms with Gasteiger partial charge < -0.3 is 10.1 Å². The predicted octanol–water partition coefficient (Wildman–Crippen LogP) is 3.93. The molecule has 3 nitrogen and oxygen atoms in total. The summed E-state index contributed by atoms with van der Waals surface area (Å²) in [6.45, 7) is 3.79. The van der Waals surface area contributed by atoms with Crippen LogP contribution in [0.4, 0.5) is 10.1 Å². The number of halogens is 1. The third kappa shape index (κ3) is 4.05. The molecule has 0 spiro atoms. The molecule has 2 rings (SSSR count). The van der Waals surface area contributed by atoms with Gasteiger partial charge in [0.1, 0.15) is 0 Å². The number of carbonyl (C=O) groups excluding carboxylic acids is 1. The third-order valence-electron chi connectivity index (χ3n) is 3.09. The molecule has 21 heavy (non-hydrogen) atoms. The number of hydrogen-bond acceptors (Lipinski definition) is 2. The lowest BCUT2D eigenvalue weighted by molar-refractivity contribution is -0.122. The van der Waals surface area contributed by atoms with Crippen molar-refractivity contribution in [3.05, 3.63) is 59.9 Å². The molecule has 2 aromatic carbocycles. The van der Waals surface area contributed by atoms with E-state index in [1.165, 1.54) is 12.1 Å². The van der Waals surface area contributed by atoms with E-state index in [-0.39, 0.29) is 11.7 Å². The van der Waals surface area contributed by atoms with Crippen molar-refractivity contribution < 1.29 is 13.9 Å². The van der Waals surface area contributed by atoms with Crippen LogP contribution >= 0.6 is 0 Å². The average Bonchev–Trinajstić information content (AvgIpc) is 2.48. The van der Waals surface area contributed by atoms with Gasteiger partial charge >= 0.3 is 0 Å². The fraction of sp³-hybridized carbons (Fsp3) is 0.235. The minimum absolute atomic E-state index is 0.0865. The molecule has 0 aromatic heterocycles. The average molecular weight is 287 g/mol. The molecular weight excluding hydrogens is 269 g/mol. The van der Waals surface area contributed by atoms with Gasteiger partial charge in [-0.25, -0.2) is 4.39 Å². The van der Waals surface area contributed by atoms with Gasteiger partial charge in [0.25, 0.3) is 5.91 Å². The number of nitrogens with one attached hydrogen (secondary N) is 1. The Balaban J connectivity index is 2.05. The number of carbonyl (C=O) groups is 1. The van der Waals surface area contributed by atoms with Crippen LogP contribution in [0.3, 0.4) is 0 Å². The molecule has 1 atom stereocenters. The maximum atomic E-state index is 13.6. The molecular formula is C17H18FNO2. The summed E-state index contributed by atoms with van der Waals surface area (Å²) in [5.74, 6) is -0.674. The van der Waals surface area contributed by atoms with E-state index in [9.17, 15) is 9.18 Å². The quantitative estimate of drug-likeness (QED) is 0.905. The molecule has 0 aliphatic carbocycles. The first-order valence-corrected chi connectivity index (χ1v) is 6.89. The second kappa shape index (κ2) is 6.88. The molecule has 0 radical (unpaired) electrons. The Morgan fingerprint density at radius 3 is 2.48 bits per heavy atom. The van der Waals surface area contributed by atoms with Crippen molar-refractivity contribution in [1.29, 1.82) is 0 Å². The monoisotopic (exact) mass is 287 g/mol. The zero-order chi connectivity index (χ0) is 15.2. The summed E-state index contributed by atoms with van der Waals surface area (Å²) in [6, 6.07) is 13.5. The maximum Gasteiger partial charge on any atom is 0.265 e. The van der Waals surface area contributed by atoms with E-state index in [4.69, 9.17) is 4.74 Å². The maximum absolute atomic E-state index is 13.6. The van der Waals surface area contributed by atoms with E-state index >= 15 is 0 Å². The van der Waals surface area contributed by atoms with E-state index in [1.54, 1.807) is 12.1 Å². The van der Waals surface area contributed by atoms with Gasteiger partial charge in [0, 0.05) is 5.69 Å². The highest BCUT2D eigenvalue weighted by Crippen LogP contribution is 2.19. The second-order valence-corrected chi connectivity index (χ2v) is 4.80. The number of para-hydroxylation sites is 1. The smallest absolute Gasteiger partial charge is 0.265 e. The molecule has 0 bridgehead atoms. The van der Waals surface area contributed by atoms with Crippen molar-refractivity contribution in [3.8, 4) is 5.75 Å². The third-order valence-corrected chi connectivity index (χ3v) is 3.09. The van der Waals surface area contributed by atoms with E-state index in [0.717, 1.165) is 5.56 Å². The first kappa shape index (κ1) is 15.0. The summed E-state index contributed by atoms with van der Waals surface area (Å²) in [6.07, 6.45) is -0.283. The van der Waals surface area contributed by atoms with Gasteiger partial charge in [-0.1, -0.05) is 36.8 Å². The van der Waals surface area contributed by atoms with Crippen molar-refractivity contribution in [2.45, 2.75) is 26.4 Å². The molecule has 1 unspecified atom stereocenters. The molecule has 1 amide bonds. The molecule has 0 saturated carbocycles. The number of aryl methyl sites for hydroxylation is 1. The minimum atomic E-state index is -0.733. The van der Waals surface area contributed by atoms with Gasteiger partial charge in [-0.05, 0) is 37.6 Å². The summed E-state index contributed by atoms with van der Waals surface area (Å²) >= 11 is 0. The molecule has 4 heteroatoms. The minimum Gasteiger partial charge on any atom is -0.478 e. The summed E-state index contributed by atoms with van der Waals surface area (Å²) in [5.41, 5.74) is 1.81. The fourth-order valence-electron chi connectivity index (χ4n) is 1.88. The van der Waals surface area contributed by atoms with Gasteiger partial charge in [-0.15, -0.1) is 0 Å². The van der Waals surface area contributed by atoms with Crippen LogP contribution in [-0.2, 0) is 4.79 Å². The Bertz CT molecular complexity index is 610. The topological polar surface area (TPSA) is 38.3 Å². The fourth-order valence-corrected chi connectivity index (χ4v) is 1.88. The summed E-state index contributed by atoms with van der Waals surface area (Å²) in [7, 11) is 0. The lowest BCUT2D eigenvalue weighted by Gasteiger charge is -2.17. The van der Waals surface area contributed by atoms with Gasteiger partial charge in [0.2, 0.25) is 0 Å². The van der Waals surface area contributed by atoms with Crippen LogP contribution in [0.5, 0.6) is 5.75 Å². The number of anilines is 1. The number of ether oxygens (including phenoxy) is 1. The highest BCUT2D eigenvalue weighted by Gasteiger charge is 2.19. The zero-order valence-corrected chi connectivity index (χ0v) is 12.1. The summed E-state index contributed by atoms with van der Waals surface area (Å²) in [4.78, 5) is 12.2. The Hall–Kier alpha value is -2.36. The van der Waals surface area contributed by atoms with Crippen molar-refractivity contribution in [1.82, 2.24) is 0 Å². The molecule has 0 fully saturated rings. The zero-order valence-electron chi connectivity index (χ0n) is 12.1. The number of rotatable bonds is 5. The molecule has 0 aliphatic rings. The Kier molecular flexibility index (Phi) is 4.93. The molecule has 0 aliphatic heterocycles. The second-order valence-electron chi connectivity index (χ2n) is 4.80. The summed E-state index contributed by atoms with van der Waals surface area (Å²) < 4.78 is 19.0. The van der Waals surface area contributed by atoms with Crippen molar-refractivity contribution >= 4 is 11.6 Å². The van der Waals surface area contributed by atoms with Gasteiger partial charge in [-0.2, -0.15) is 0 Å². The standard InChI is InChI=1S/C17H18FNO2/c1-3-15(21-16-7-5-4-6-14(16)18)17(20)19-13-10-8-12(2)9-11-13/h4-11,15H,3H2,1-2H3,(H,19,20). The van der Waals surface area contributed by atoms with Crippen LogP contribution < -0.4 is 10.1 Å². The van der Waals surface area contributed by atoms with Crippen molar-refractivity contribution in [2.75, 3.05) is 5.32 Å². The van der Waals surface area contributed by atoms with Crippen LogP contribution in [-0.4, -0.2) is 12.0 Å². The Labute approximate surface area is 123 Å². The van der Waals surface area contributed by atoms with Crippen molar-refractivity contribution in [3.63, 3.8) is 0 Å². The first-order chi connectivity index (χ1) is 10.1. The largest absolute Gasteiger partial charge is 0.478 e. The van der Waals surface area contributed by atoms with Crippen molar-refractivity contribution in [2.24, 2.45) is 0 Å². The van der Waals surface area contributed by atoms with E-state index < -0.39 is 11.9 Å². The highest BCUT2D eigenvalue weighted by atomic mass is 19.1. The van der Waals surface area contributed by atoms with Crippen LogP contribution in [0.2, 0.25) is 0 Å². The van der Waals surface area contributed by atoms with E-state index in [1.807, 2.05) is 38.1 Å². The van der Waals surface area contributed by atoms with E-state index in [2.05, 4.69) is 5.32 Å². The molecule has 2 aromatic rings. The number of hydrogen-bond donors (Lipinski definition) is 1. The van der Waals surface area contributed by atoms with Gasteiger partial charge in [0.05, 0.1) is 0 Å². The van der Waals surface area contributed by atoms with Crippen LogP contribution in [0, 0.1) is 12.7 Å². The first-order valence-electron chi connectivity index (χ1n) is 6.89. The van der Waals surface area contributed by atoms with Crippen LogP contribution in [0.25, 0.3) is 0 Å². The number of amides is 1. The lowest BCUT2D eigenvalue weighted by atomic mass is 10.2. The van der Waals surface area contributed by atoms with Crippen LogP contribution in [0.15, 0.2) is 48.5 Å². The van der Waals surface area contributed by atoms with E-state index in [0.29, 0.717) is 12.1 Å². The molecule has 0 heterocycles. The highest BCUT2D eigenvalue weighted by molar-refractivity contribution is 5.94. The summed E-state index contributed by atoms with van der Waals surface area (Å²) in [5, 5.41) is 2.77. The molecule has 0 saturated heterocycles. The van der Waals surface area contributed by atoms with Crippen LogP contribution in [0.1, 0.15) is 18.9 Å². The Morgan fingerprint density at radius 2 is 1.86 bits per heavy atom. The van der Waals surface area contributed by atoms with Gasteiger partial charge in [0.15, 0.2) is 17.7 Å². The van der Waals surface area contributed by atoms with Gasteiger partial charge in [-0.3, -0.25) is 4.79 Å². The Morgan fingerprint density at radius 1 is 1.19 bits per heavy atom. The predicted molar refractivity (Wildman–Crippen MR) is 80.9 cm³/mol. The normalized spacial score (nSPS) is 11.8.